The van der Waals surface area contributed by atoms with Crippen LogP contribution in [-0.4, -0.2) is 16.3 Å². The summed E-state index contributed by atoms with van der Waals surface area (Å²) in [6.45, 7) is 5.09. The smallest absolute Gasteiger partial charge is 0.267 e. The van der Waals surface area contributed by atoms with E-state index in [9.17, 15) is 4.79 Å². The first-order chi connectivity index (χ1) is 8.66. The summed E-state index contributed by atoms with van der Waals surface area (Å²) in [5, 5.41) is 7.36. The maximum Gasteiger partial charge on any atom is 0.267 e. The molecule has 18 heavy (non-hydrogen) atoms. The third-order valence-corrected chi connectivity index (χ3v) is 2.75. The molecular weight excluding hydrogens is 230 g/mol. The highest BCUT2D eigenvalue weighted by atomic mass is 16.3. The molecule has 2 aromatic rings. The number of aromatic nitrogens is 2. The molecule has 2 rings (SSSR count). The number of hydrogen-bond acceptors (Lipinski definition) is 4. The van der Waals surface area contributed by atoms with Crippen molar-refractivity contribution >= 4 is 0 Å². The van der Waals surface area contributed by atoms with Gasteiger partial charge in [-0.15, -0.1) is 0 Å². The summed E-state index contributed by atoms with van der Waals surface area (Å²) >= 11 is 0. The highest BCUT2D eigenvalue weighted by Gasteiger charge is 2.06. The van der Waals surface area contributed by atoms with Crippen molar-refractivity contribution in [2.75, 3.05) is 6.54 Å². The molecule has 2 aromatic heterocycles. The lowest BCUT2D eigenvalue weighted by atomic mass is 10.2. The minimum absolute atomic E-state index is 0.0672. The van der Waals surface area contributed by atoms with Gasteiger partial charge in [0.1, 0.15) is 5.76 Å². The summed E-state index contributed by atoms with van der Waals surface area (Å²) < 4.78 is 6.74. The normalized spacial score (nSPS) is 12.6. The van der Waals surface area contributed by atoms with Crippen molar-refractivity contribution < 1.29 is 4.42 Å². The van der Waals surface area contributed by atoms with Crippen LogP contribution in [-0.2, 0) is 6.54 Å². The summed E-state index contributed by atoms with van der Waals surface area (Å²) in [5.41, 5.74) is 0.815. The topological polar surface area (TPSA) is 60.1 Å². The number of nitrogens with one attached hydrogen (secondary N) is 1. The first-order valence-electron chi connectivity index (χ1n) is 5.97. The Morgan fingerprint density at radius 1 is 1.56 bits per heavy atom. The molecule has 0 aliphatic carbocycles. The Kier molecular flexibility index (Phi) is 3.94. The van der Waals surface area contributed by atoms with Gasteiger partial charge in [-0.2, -0.15) is 5.10 Å². The van der Waals surface area contributed by atoms with Gasteiger partial charge in [0.25, 0.3) is 5.56 Å². The molecule has 0 spiro atoms. The standard InChI is InChI=1S/C13H17N3O2/c1-10-8-13(17)16(15-9-10)6-5-14-11(2)12-4-3-7-18-12/h3-4,7-9,11,14H,5-6H2,1-2H3. The van der Waals surface area contributed by atoms with Crippen LogP contribution >= 0.6 is 0 Å². The Morgan fingerprint density at radius 3 is 3.06 bits per heavy atom. The molecule has 0 bridgehead atoms. The highest BCUT2D eigenvalue weighted by molar-refractivity contribution is 5.03. The maximum absolute atomic E-state index is 11.6. The van der Waals surface area contributed by atoms with Crippen LogP contribution in [0.1, 0.15) is 24.3 Å². The van der Waals surface area contributed by atoms with Gasteiger partial charge in [-0.1, -0.05) is 0 Å². The lowest BCUT2D eigenvalue weighted by Gasteiger charge is -2.11. The fraction of sp³-hybridized carbons (Fsp3) is 0.385. The van der Waals surface area contributed by atoms with Crippen LogP contribution in [0.25, 0.3) is 0 Å². The van der Waals surface area contributed by atoms with E-state index in [-0.39, 0.29) is 11.6 Å². The average molecular weight is 247 g/mol. The molecule has 0 aromatic carbocycles. The zero-order chi connectivity index (χ0) is 13.0. The molecule has 0 saturated carbocycles. The fourth-order valence-electron chi connectivity index (χ4n) is 1.72. The molecule has 5 nitrogen and oxygen atoms in total. The van der Waals surface area contributed by atoms with Gasteiger partial charge in [0.05, 0.1) is 25.0 Å². The van der Waals surface area contributed by atoms with Crippen LogP contribution in [0.3, 0.4) is 0 Å². The molecule has 0 aliphatic heterocycles. The summed E-state index contributed by atoms with van der Waals surface area (Å²) in [6, 6.07) is 5.50. The molecule has 5 heteroatoms. The number of rotatable bonds is 5. The van der Waals surface area contributed by atoms with E-state index in [1.54, 1.807) is 18.5 Å². The van der Waals surface area contributed by atoms with Gasteiger partial charge in [-0.25, -0.2) is 4.68 Å². The quantitative estimate of drug-likeness (QED) is 0.869. The van der Waals surface area contributed by atoms with Gasteiger partial charge in [-0.05, 0) is 31.5 Å². The van der Waals surface area contributed by atoms with Gasteiger partial charge in [0, 0.05) is 12.6 Å². The molecule has 0 aliphatic rings. The summed E-state index contributed by atoms with van der Waals surface area (Å²) in [6.07, 6.45) is 3.34. The molecule has 0 radical (unpaired) electrons. The van der Waals surface area contributed by atoms with E-state index in [4.69, 9.17) is 4.42 Å². The number of furan rings is 1. The summed E-state index contributed by atoms with van der Waals surface area (Å²) in [4.78, 5) is 11.6. The van der Waals surface area contributed by atoms with Gasteiger partial charge in [-0.3, -0.25) is 4.79 Å². The monoisotopic (exact) mass is 247 g/mol. The fourth-order valence-corrected chi connectivity index (χ4v) is 1.72. The van der Waals surface area contributed by atoms with Gasteiger partial charge in [0.15, 0.2) is 0 Å². The van der Waals surface area contributed by atoms with Crippen molar-refractivity contribution in [1.29, 1.82) is 0 Å². The maximum atomic E-state index is 11.6. The Morgan fingerprint density at radius 2 is 2.39 bits per heavy atom. The SMILES string of the molecule is Cc1cnn(CCNC(C)c2ccco2)c(=O)c1. The predicted molar refractivity (Wildman–Crippen MR) is 68.4 cm³/mol. The molecule has 1 unspecified atom stereocenters. The van der Waals surface area contributed by atoms with Crippen LogP contribution in [0.2, 0.25) is 0 Å². The average Bonchev–Trinajstić information content (AvgIpc) is 2.85. The second kappa shape index (κ2) is 5.64. The molecule has 0 amide bonds. The molecule has 1 atom stereocenters. The minimum atomic E-state index is -0.0672. The second-order valence-corrected chi connectivity index (χ2v) is 4.29. The Hall–Kier alpha value is -1.88. The Bertz CT molecular complexity index is 546. The van der Waals surface area contributed by atoms with E-state index in [0.29, 0.717) is 13.1 Å². The lowest BCUT2D eigenvalue weighted by molar-refractivity contribution is 0.415. The van der Waals surface area contributed by atoms with Crippen molar-refractivity contribution in [3.8, 4) is 0 Å². The molecule has 0 fully saturated rings. The van der Waals surface area contributed by atoms with E-state index in [1.807, 2.05) is 26.0 Å². The van der Waals surface area contributed by atoms with Crippen LogP contribution < -0.4 is 10.9 Å². The van der Waals surface area contributed by atoms with Gasteiger partial charge >= 0.3 is 0 Å². The van der Waals surface area contributed by atoms with Gasteiger partial charge in [0.2, 0.25) is 0 Å². The van der Waals surface area contributed by atoms with Gasteiger partial charge < -0.3 is 9.73 Å². The number of hydrogen-bond donors (Lipinski definition) is 1. The van der Waals surface area contributed by atoms with Crippen molar-refractivity contribution in [3.05, 3.63) is 52.3 Å². The van der Waals surface area contributed by atoms with Crippen LogP contribution in [0, 0.1) is 6.92 Å². The van der Waals surface area contributed by atoms with Crippen molar-refractivity contribution in [1.82, 2.24) is 15.1 Å². The van der Waals surface area contributed by atoms with E-state index in [1.165, 1.54) is 4.68 Å². The van der Waals surface area contributed by atoms with Crippen molar-refractivity contribution in [2.45, 2.75) is 26.4 Å². The molecular formula is C13H17N3O2. The number of nitrogens with zero attached hydrogens (tertiary/aromatic N) is 2. The largest absolute Gasteiger partial charge is 0.468 e. The zero-order valence-corrected chi connectivity index (χ0v) is 10.6. The van der Waals surface area contributed by atoms with E-state index in [2.05, 4.69) is 10.4 Å². The molecule has 1 N–H and O–H groups in total. The van der Waals surface area contributed by atoms with Crippen molar-refractivity contribution in [3.63, 3.8) is 0 Å². The van der Waals surface area contributed by atoms with Crippen LogP contribution in [0.4, 0.5) is 0 Å². The Balaban J connectivity index is 1.87. The predicted octanol–water partition coefficient (Wildman–Crippen LogP) is 1.50. The first kappa shape index (κ1) is 12.6. The van der Waals surface area contributed by atoms with Crippen LogP contribution in [0.15, 0.2) is 39.9 Å². The first-order valence-corrected chi connectivity index (χ1v) is 5.97. The van der Waals surface area contributed by atoms with E-state index < -0.39 is 0 Å². The second-order valence-electron chi connectivity index (χ2n) is 4.29. The lowest BCUT2D eigenvalue weighted by Crippen LogP contribution is -2.29. The summed E-state index contributed by atoms with van der Waals surface area (Å²) in [7, 11) is 0. The molecule has 0 saturated heterocycles. The number of aryl methyl sites for hydroxylation is 1. The zero-order valence-electron chi connectivity index (χ0n) is 10.6. The summed E-state index contributed by atoms with van der Waals surface area (Å²) in [5.74, 6) is 0.888. The minimum Gasteiger partial charge on any atom is -0.468 e. The van der Waals surface area contributed by atoms with E-state index >= 15 is 0 Å². The third kappa shape index (κ3) is 3.07. The molecule has 2 heterocycles. The highest BCUT2D eigenvalue weighted by Crippen LogP contribution is 2.11. The third-order valence-electron chi connectivity index (χ3n) is 2.75. The van der Waals surface area contributed by atoms with Crippen LogP contribution in [0.5, 0.6) is 0 Å². The van der Waals surface area contributed by atoms with Crippen molar-refractivity contribution in [2.24, 2.45) is 0 Å². The molecule has 96 valence electrons. The van der Waals surface area contributed by atoms with E-state index in [0.717, 1.165) is 11.3 Å². The Labute approximate surface area is 105 Å².